The number of urea groups is 1. The molecule has 0 aromatic heterocycles. The maximum absolute atomic E-state index is 12.5. The number of carbonyl (C=O) groups excluding carboxylic acids is 2. The van der Waals surface area contributed by atoms with Crippen LogP contribution >= 0.6 is 0 Å². The van der Waals surface area contributed by atoms with E-state index in [0.29, 0.717) is 29.8 Å². The molecule has 0 spiro atoms. The summed E-state index contributed by atoms with van der Waals surface area (Å²) < 4.78 is 5.26. The Labute approximate surface area is 145 Å². The van der Waals surface area contributed by atoms with Crippen molar-refractivity contribution in [3.63, 3.8) is 0 Å². The van der Waals surface area contributed by atoms with Gasteiger partial charge in [-0.05, 0) is 38.0 Å². The molecule has 2 rings (SSSR count). The second-order valence-electron chi connectivity index (χ2n) is 5.61. The first-order chi connectivity index (χ1) is 11.9. The molecule has 8 heteroatoms. The van der Waals surface area contributed by atoms with Gasteiger partial charge in [-0.15, -0.1) is 0 Å². The number of esters is 1. The second kappa shape index (κ2) is 7.78. The van der Waals surface area contributed by atoms with Crippen LogP contribution in [0.2, 0.25) is 0 Å². The van der Waals surface area contributed by atoms with Gasteiger partial charge in [0.05, 0.1) is 23.1 Å². The first kappa shape index (κ1) is 18.4. The van der Waals surface area contributed by atoms with Gasteiger partial charge in [0, 0.05) is 24.4 Å². The van der Waals surface area contributed by atoms with Gasteiger partial charge in [-0.25, -0.2) is 9.59 Å². The molecule has 1 aromatic rings. The zero-order valence-electron chi connectivity index (χ0n) is 14.4. The standard InChI is InChI=1S/C17H21N3O5/c1-4-10-25-16(21)14-11(3)19(5-2)17(22)18-15(14)12-6-8-13(9-7-12)20(23)24/h6-9,15H,4-5,10H2,1-3H3,(H,18,22). The first-order valence-electron chi connectivity index (χ1n) is 8.10. The largest absolute Gasteiger partial charge is 0.462 e. The summed E-state index contributed by atoms with van der Waals surface area (Å²) >= 11 is 0. The number of nitro groups is 1. The average molecular weight is 347 g/mol. The van der Waals surface area contributed by atoms with E-state index in [1.807, 2.05) is 13.8 Å². The van der Waals surface area contributed by atoms with Crippen LogP contribution in [-0.4, -0.2) is 35.0 Å². The van der Waals surface area contributed by atoms with Gasteiger partial charge in [0.2, 0.25) is 0 Å². The third-order valence-electron chi connectivity index (χ3n) is 4.01. The lowest BCUT2D eigenvalue weighted by atomic mass is 9.94. The molecule has 1 atom stereocenters. The van der Waals surface area contributed by atoms with Crippen LogP contribution in [0.15, 0.2) is 35.5 Å². The van der Waals surface area contributed by atoms with Gasteiger partial charge >= 0.3 is 12.0 Å². The van der Waals surface area contributed by atoms with E-state index in [-0.39, 0.29) is 18.3 Å². The molecule has 0 fully saturated rings. The molecule has 1 heterocycles. The van der Waals surface area contributed by atoms with E-state index in [2.05, 4.69) is 5.32 Å². The molecular formula is C17H21N3O5. The minimum atomic E-state index is -0.708. The topological polar surface area (TPSA) is 102 Å². The molecule has 0 saturated carbocycles. The van der Waals surface area contributed by atoms with Crippen molar-refractivity contribution in [3.05, 3.63) is 51.2 Å². The van der Waals surface area contributed by atoms with Gasteiger partial charge in [0.25, 0.3) is 5.69 Å². The van der Waals surface area contributed by atoms with Gasteiger partial charge in [0.1, 0.15) is 0 Å². The molecule has 2 amide bonds. The van der Waals surface area contributed by atoms with Crippen molar-refractivity contribution in [1.82, 2.24) is 10.2 Å². The average Bonchev–Trinajstić information content (AvgIpc) is 2.59. The smallest absolute Gasteiger partial charge is 0.338 e. The molecule has 8 nitrogen and oxygen atoms in total. The highest BCUT2D eigenvalue weighted by Gasteiger charge is 2.35. The van der Waals surface area contributed by atoms with Crippen LogP contribution in [-0.2, 0) is 9.53 Å². The van der Waals surface area contributed by atoms with Gasteiger partial charge in [-0.1, -0.05) is 6.92 Å². The molecule has 1 aliphatic heterocycles. The number of amides is 2. The lowest BCUT2D eigenvalue weighted by Crippen LogP contribution is -2.47. The maximum atomic E-state index is 12.5. The highest BCUT2D eigenvalue weighted by Crippen LogP contribution is 2.32. The summed E-state index contributed by atoms with van der Waals surface area (Å²) in [4.78, 5) is 36.6. The van der Waals surface area contributed by atoms with E-state index in [4.69, 9.17) is 4.74 Å². The predicted molar refractivity (Wildman–Crippen MR) is 90.7 cm³/mol. The monoisotopic (exact) mass is 347 g/mol. The molecule has 1 aromatic carbocycles. The summed E-state index contributed by atoms with van der Waals surface area (Å²) in [7, 11) is 0. The Morgan fingerprint density at radius 3 is 2.48 bits per heavy atom. The van der Waals surface area contributed by atoms with Crippen molar-refractivity contribution in [2.24, 2.45) is 0 Å². The van der Waals surface area contributed by atoms with Crippen LogP contribution in [0.3, 0.4) is 0 Å². The summed E-state index contributed by atoms with van der Waals surface area (Å²) in [6.07, 6.45) is 0.685. The van der Waals surface area contributed by atoms with E-state index in [9.17, 15) is 19.7 Å². The molecule has 1 unspecified atom stereocenters. The van der Waals surface area contributed by atoms with Crippen molar-refractivity contribution in [1.29, 1.82) is 0 Å². The van der Waals surface area contributed by atoms with Gasteiger partial charge in [-0.3, -0.25) is 15.0 Å². The number of benzene rings is 1. The Morgan fingerprint density at radius 1 is 1.32 bits per heavy atom. The summed E-state index contributed by atoms with van der Waals surface area (Å²) in [6.45, 7) is 6.09. The van der Waals surface area contributed by atoms with Crippen LogP contribution in [0.25, 0.3) is 0 Å². The number of ether oxygens (including phenoxy) is 1. The van der Waals surface area contributed by atoms with Crippen LogP contribution in [0, 0.1) is 10.1 Å². The number of nitrogens with one attached hydrogen (secondary N) is 1. The van der Waals surface area contributed by atoms with Crippen molar-refractivity contribution in [2.45, 2.75) is 33.2 Å². The fraction of sp³-hybridized carbons (Fsp3) is 0.412. The fourth-order valence-corrected chi connectivity index (χ4v) is 2.74. The van der Waals surface area contributed by atoms with Gasteiger partial charge < -0.3 is 10.1 Å². The number of rotatable bonds is 6. The Morgan fingerprint density at radius 2 is 1.96 bits per heavy atom. The third-order valence-corrected chi connectivity index (χ3v) is 4.01. The number of hydrogen-bond acceptors (Lipinski definition) is 5. The van der Waals surface area contributed by atoms with Crippen LogP contribution < -0.4 is 5.32 Å². The van der Waals surface area contributed by atoms with E-state index < -0.39 is 16.9 Å². The van der Waals surface area contributed by atoms with Crippen molar-refractivity contribution in [3.8, 4) is 0 Å². The number of carbonyl (C=O) groups is 2. The van der Waals surface area contributed by atoms with E-state index in [1.54, 1.807) is 6.92 Å². The van der Waals surface area contributed by atoms with E-state index in [0.717, 1.165) is 0 Å². The molecule has 1 N–H and O–H groups in total. The molecule has 25 heavy (non-hydrogen) atoms. The number of allylic oxidation sites excluding steroid dienone is 1. The number of nitrogens with zero attached hydrogens (tertiary/aromatic N) is 2. The lowest BCUT2D eigenvalue weighted by Gasteiger charge is -2.34. The molecule has 0 radical (unpaired) electrons. The number of hydrogen-bond donors (Lipinski definition) is 1. The van der Waals surface area contributed by atoms with Gasteiger partial charge in [0.15, 0.2) is 0 Å². The quantitative estimate of drug-likeness (QED) is 0.484. The molecule has 0 saturated heterocycles. The van der Waals surface area contributed by atoms with Crippen molar-refractivity contribution >= 4 is 17.7 Å². The number of nitro benzene ring substituents is 1. The second-order valence-corrected chi connectivity index (χ2v) is 5.61. The molecular weight excluding hydrogens is 326 g/mol. The van der Waals surface area contributed by atoms with E-state index in [1.165, 1.54) is 29.2 Å². The van der Waals surface area contributed by atoms with Crippen LogP contribution in [0.4, 0.5) is 10.5 Å². The summed E-state index contributed by atoms with van der Waals surface area (Å²) in [5.41, 5.74) is 1.38. The third kappa shape index (κ3) is 3.78. The Hall–Kier alpha value is -2.90. The highest BCUT2D eigenvalue weighted by atomic mass is 16.6. The Balaban J connectivity index is 2.45. The minimum Gasteiger partial charge on any atom is -0.462 e. The first-order valence-corrected chi connectivity index (χ1v) is 8.10. The fourth-order valence-electron chi connectivity index (χ4n) is 2.74. The van der Waals surface area contributed by atoms with E-state index >= 15 is 0 Å². The maximum Gasteiger partial charge on any atom is 0.338 e. The molecule has 0 bridgehead atoms. The van der Waals surface area contributed by atoms with Crippen molar-refractivity contribution < 1.29 is 19.2 Å². The Kier molecular flexibility index (Phi) is 5.74. The van der Waals surface area contributed by atoms with Gasteiger partial charge in [-0.2, -0.15) is 0 Å². The van der Waals surface area contributed by atoms with Crippen LogP contribution in [0.5, 0.6) is 0 Å². The summed E-state index contributed by atoms with van der Waals surface area (Å²) in [6, 6.07) is 4.72. The zero-order chi connectivity index (χ0) is 18.6. The highest BCUT2D eigenvalue weighted by molar-refractivity contribution is 5.95. The number of non-ortho nitro benzene ring substituents is 1. The molecule has 0 aliphatic carbocycles. The normalized spacial score (nSPS) is 17.3. The molecule has 1 aliphatic rings. The lowest BCUT2D eigenvalue weighted by molar-refractivity contribution is -0.384. The SMILES string of the molecule is CCCOC(=O)C1=C(C)N(CC)C(=O)NC1c1ccc([N+](=O)[O-])cc1. The zero-order valence-corrected chi connectivity index (χ0v) is 14.4. The Bertz CT molecular complexity index is 711. The van der Waals surface area contributed by atoms with Crippen molar-refractivity contribution in [2.75, 3.05) is 13.2 Å². The predicted octanol–water partition coefficient (Wildman–Crippen LogP) is 2.91. The van der Waals surface area contributed by atoms with Crippen LogP contribution in [0.1, 0.15) is 38.8 Å². The summed E-state index contributed by atoms with van der Waals surface area (Å²) in [5.74, 6) is -0.499. The minimum absolute atomic E-state index is 0.0584. The summed E-state index contributed by atoms with van der Waals surface area (Å²) in [5, 5.41) is 13.6. The molecule has 134 valence electrons.